The highest BCUT2D eigenvalue weighted by Crippen LogP contribution is 2.54. The number of allylic oxidation sites excluding steroid dienone is 3. The zero-order chi connectivity index (χ0) is 12.4. The van der Waals surface area contributed by atoms with Crippen LogP contribution in [-0.2, 0) is 0 Å². The molecular weight excluding hydrogens is 216 g/mol. The quantitative estimate of drug-likeness (QED) is 0.664. The summed E-state index contributed by atoms with van der Waals surface area (Å²) in [6.07, 6.45) is 3.05. The van der Waals surface area contributed by atoms with Crippen LogP contribution in [0.25, 0.3) is 11.1 Å². The lowest BCUT2D eigenvalue weighted by Gasteiger charge is -1.97. The monoisotopic (exact) mass is 232 g/mol. The summed E-state index contributed by atoms with van der Waals surface area (Å²) in [5.41, 5.74) is 5.68. The first-order chi connectivity index (χ1) is 8.92. The summed E-state index contributed by atoms with van der Waals surface area (Å²) in [4.78, 5) is 0. The van der Waals surface area contributed by atoms with Gasteiger partial charge in [-0.05, 0) is 28.7 Å². The van der Waals surface area contributed by atoms with Crippen LogP contribution >= 0.6 is 0 Å². The van der Waals surface area contributed by atoms with Crippen molar-refractivity contribution in [2.24, 2.45) is 5.92 Å². The van der Waals surface area contributed by atoms with Crippen LogP contribution in [0, 0.1) is 5.92 Å². The molecule has 0 atom stereocenters. The molecule has 88 valence electrons. The fourth-order valence-corrected chi connectivity index (χ4v) is 2.62. The Morgan fingerprint density at radius 3 is 1.61 bits per heavy atom. The van der Waals surface area contributed by atoms with Gasteiger partial charge in [0.1, 0.15) is 0 Å². The number of hydrogen-bond acceptors (Lipinski definition) is 0. The molecule has 0 spiro atoms. The molecule has 1 aliphatic rings. The summed E-state index contributed by atoms with van der Waals surface area (Å²) < 4.78 is 0. The molecule has 0 fully saturated rings. The van der Waals surface area contributed by atoms with Gasteiger partial charge in [0.15, 0.2) is 0 Å². The van der Waals surface area contributed by atoms with E-state index in [-0.39, 0.29) is 0 Å². The van der Waals surface area contributed by atoms with Crippen LogP contribution in [0.5, 0.6) is 0 Å². The summed E-state index contributed by atoms with van der Waals surface area (Å²) >= 11 is 0. The van der Waals surface area contributed by atoms with Crippen molar-refractivity contribution in [2.45, 2.75) is 6.42 Å². The molecule has 0 radical (unpaired) electrons. The Kier molecular flexibility index (Phi) is 2.85. The summed E-state index contributed by atoms with van der Waals surface area (Å²) in [5, 5.41) is 0. The average molecular weight is 232 g/mol. The van der Waals surface area contributed by atoms with E-state index in [1.165, 1.54) is 22.3 Å². The lowest BCUT2D eigenvalue weighted by molar-refractivity contribution is 0.966. The summed E-state index contributed by atoms with van der Waals surface area (Å²) in [7, 11) is 0. The van der Waals surface area contributed by atoms with Gasteiger partial charge in [-0.15, -0.1) is 6.58 Å². The molecular formula is C18H16. The molecule has 0 aliphatic heterocycles. The normalized spacial score (nSPS) is 14.7. The molecule has 1 aliphatic carbocycles. The van der Waals surface area contributed by atoms with Gasteiger partial charge in [-0.2, -0.15) is 0 Å². The van der Waals surface area contributed by atoms with Crippen molar-refractivity contribution in [2.75, 3.05) is 0 Å². The molecule has 0 saturated carbocycles. The van der Waals surface area contributed by atoms with Gasteiger partial charge in [0, 0.05) is 5.92 Å². The van der Waals surface area contributed by atoms with Gasteiger partial charge in [0.25, 0.3) is 0 Å². The average Bonchev–Trinajstić information content (AvgIpc) is 3.15. The maximum absolute atomic E-state index is 3.87. The van der Waals surface area contributed by atoms with Gasteiger partial charge in [-0.3, -0.25) is 0 Å². The first-order valence-electron chi connectivity index (χ1n) is 6.37. The SMILES string of the molecule is C=CCC1C(c2ccccc2)=C1c1ccccc1. The van der Waals surface area contributed by atoms with Gasteiger partial charge in [-0.1, -0.05) is 66.7 Å². The lowest BCUT2D eigenvalue weighted by Crippen LogP contribution is -1.82. The summed E-state index contributed by atoms with van der Waals surface area (Å²) in [6.45, 7) is 3.87. The second-order valence-corrected chi connectivity index (χ2v) is 4.64. The molecule has 0 heterocycles. The third-order valence-corrected chi connectivity index (χ3v) is 3.48. The van der Waals surface area contributed by atoms with Crippen LogP contribution in [0.3, 0.4) is 0 Å². The largest absolute Gasteiger partial charge is 0.103 e. The Morgan fingerprint density at radius 1 is 0.778 bits per heavy atom. The number of rotatable bonds is 4. The van der Waals surface area contributed by atoms with Gasteiger partial charge in [-0.25, -0.2) is 0 Å². The molecule has 0 aromatic heterocycles. The van der Waals surface area contributed by atoms with Crippen LogP contribution in [0.4, 0.5) is 0 Å². The van der Waals surface area contributed by atoms with E-state index in [1.54, 1.807) is 0 Å². The standard InChI is InChI=1S/C18H16/c1-2-9-16-17(14-10-5-3-6-11-14)18(16)15-12-7-4-8-13-15/h2-8,10-13,16H,1,9H2. The smallest absolute Gasteiger partial charge is 0.0142 e. The maximum Gasteiger partial charge on any atom is 0.0142 e. The predicted octanol–water partition coefficient (Wildman–Crippen LogP) is 4.80. The van der Waals surface area contributed by atoms with Gasteiger partial charge in [0.05, 0.1) is 0 Å². The molecule has 0 nitrogen and oxygen atoms in total. The Morgan fingerprint density at radius 2 is 1.22 bits per heavy atom. The Balaban J connectivity index is 2.00. The third kappa shape index (κ3) is 1.91. The predicted molar refractivity (Wildman–Crippen MR) is 78.0 cm³/mol. The van der Waals surface area contributed by atoms with Crippen LogP contribution in [0.1, 0.15) is 17.5 Å². The molecule has 0 amide bonds. The van der Waals surface area contributed by atoms with Crippen LogP contribution in [0.2, 0.25) is 0 Å². The van der Waals surface area contributed by atoms with Crippen LogP contribution < -0.4 is 0 Å². The zero-order valence-electron chi connectivity index (χ0n) is 10.3. The van der Waals surface area contributed by atoms with E-state index < -0.39 is 0 Å². The first kappa shape index (κ1) is 11.0. The van der Waals surface area contributed by atoms with Crippen molar-refractivity contribution >= 4 is 11.1 Å². The molecule has 0 unspecified atom stereocenters. The third-order valence-electron chi connectivity index (χ3n) is 3.48. The highest BCUT2D eigenvalue weighted by Gasteiger charge is 2.36. The minimum absolute atomic E-state index is 0.562. The van der Waals surface area contributed by atoms with Crippen molar-refractivity contribution in [3.8, 4) is 0 Å². The molecule has 2 aromatic carbocycles. The lowest BCUT2D eigenvalue weighted by atomic mass is 10.1. The highest BCUT2D eigenvalue weighted by atomic mass is 14.4. The van der Waals surface area contributed by atoms with E-state index in [9.17, 15) is 0 Å². The van der Waals surface area contributed by atoms with Crippen LogP contribution in [-0.4, -0.2) is 0 Å². The van der Waals surface area contributed by atoms with E-state index in [0.29, 0.717) is 5.92 Å². The fraction of sp³-hybridized carbons (Fsp3) is 0.111. The number of hydrogen-bond donors (Lipinski definition) is 0. The topological polar surface area (TPSA) is 0 Å². The van der Waals surface area contributed by atoms with E-state index in [2.05, 4.69) is 67.2 Å². The molecule has 3 rings (SSSR count). The maximum atomic E-state index is 3.87. The number of benzene rings is 2. The van der Waals surface area contributed by atoms with Gasteiger partial charge < -0.3 is 0 Å². The molecule has 0 heteroatoms. The Labute approximate surface area is 108 Å². The molecule has 0 bridgehead atoms. The van der Waals surface area contributed by atoms with Crippen molar-refractivity contribution in [1.82, 2.24) is 0 Å². The molecule has 18 heavy (non-hydrogen) atoms. The van der Waals surface area contributed by atoms with Crippen molar-refractivity contribution in [3.05, 3.63) is 84.4 Å². The Hall–Kier alpha value is -2.08. The van der Waals surface area contributed by atoms with Gasteiger partial charge in [0.2, 0.25) is 0 Å². The van der Waals surface area contributed by atoms with E-state index in [4.69, 9.17) is 0 Å². The molecule has 0 saturated heterocycles. The Bertz CT molecular complexity index is 526. The first-order valence-corrected chi connectivity index (χ1v) is 6.37. The van der Waals surface area contributed by atoms with Gasteiger partial charge >= 0.3 is 0 Å². The van der Waals surface area contributed by atoms with Crippen molar-refractivity contribution in [1.29, 1.82) is 0 Å². The minimum Gasteiger partial charge on any atom is -0.103 e. The minimum atomic E-state index is 0.562. The fourth-order valence-electron chi connectivity index (χ4n) is 2.62. The summed E-state index contributed by atoms with van der Waals surface area (Å²) in [6, 6.07) is 21.3. The van der Waals surface area contributed by atoms with E-state index >= 15 is 0 Å². The van der Waals surface area contributed by atoms with Crippen molar-refractivity contribution < 1.29 is 0 Å². The highest BCUT2D eigenvalue weighted by molar-refractivity contribution is 6.10. The zero-order valence-corrected chi connectivity index (χ0v) is 10.3. The molecule has 2 aromatic rings. The second-order valence-electron chi connectivity index (χ2n) is 4.64. The van der Waals surface area contributed by atoms with E-state index in [1.807, 2.05) is 6.08 Å². The van der Waals surface area contributed by atoms with Crippen LogP contribution in [0.15, 0.2) is 73.3 Å². The van der Waals surface area contributed by atoms with E-state index in [0.717, 1.165) is 6.42 Å². The molecule has 0 N–H and O–H groups in total. The summed E-state index contributed by atoms with van der Waals surface area (Å²) in [5.74, 6) is 0.562. The second kappa shape index (κ2) is 4.66. The van der Waals surface area contributed by atoms with Crippen molar-refractivity contribution in [3.63, 3.8) is 0 Å².